The maximum absolute atomic E-state index is 10.7. The number of aromatic nitrogens is 1. The highest BCUT2D eigenvalue weighted by Crippen LogP contribution is 2.23. The van der Waals surface area contributed by atoms with Gasteiger partial charge in [0.2, 0.25) is 0 Å². The van der Waals surface area contributed by atoms with Crippen LogP contribution in [0.1, 0.15) is 27.6 Å². The predicted octanol–water partition coefficient (Wildman–Crippen LogP) is 3.13. The van der Waals surface area contributed by atoms with Crippen molar-refractivity contribution in [2.45, 2.75) is 26.2 Å². The molecule has 0 aliphatic rings. The lowest BCUT2D eigenvalue weighted by Gasteiger charge is -2.13. The van der Waals surface area contributed by atoms with Gasteiger partial charge in [-0.15, -0.1) is 11.3 Å². The normalized spacial score (nSPS) is 10.6. The van der Waals surface area contributed by atoms with E-state index in [2.05, 4.69) is 34.1 Å². The first-order valence-electron chi connectivity index (χ1n) is 6.89. The van der Waals surface area contributed by atoms with Gasteiger partial charge in [0, 0.05) is 31.1 Å². The van der Waals surface area contributed by atoms with Crippen LogP contribution in [0.4, 0.5) is 5.69 Å². The molecule has 0 saturated heterocycles. The summed E-state index contributed by atoms with van der Waals surface area (Å²) in [5.41, 5.74) is 3.35. The zero-order chi connectivity index (χ0) is 15.4. The second-order valence-electron chi connectivity index (χ2n) is 5.25. The summed E-state index contributed by atoms with van der Waals surface area (Å²) in [4.78, 5) is 18.4. The molecule has 1 N–H and O–H groups in total. The summed E-state index contributed by atoms with van der Waals surface area (Å²) in [5, 5.41) is 9.81. The number of thiazole rings is 1. The van der Waals surface area contributed by atoms with Gasteiger partial charge in [0.25, 0.3) is 0 Å². The van der Waals surface area contributed by atoms with Crippen molar-refractivity contribution in [2.75, 3.05) is 19.0 Å². The van der Waals surface area contributed by atoms with E-state index in [0.717, 1.165) is 22.0 Å². The highest BCUT2D eigenvalue weighted by Gasteiger charge is 2.10. The third-order valence-corrected chi connectivity index (χ3v) is 4.50. The number of nitrogens with zero attached hydrogens (tertiary/aromatic N) is 2. The molecule has 21 heavy (non-hydrogen) atoms. The minimum absolute atomic E-state index is 0.165. The van der Waals surface area contributed by atoms with Gasteiger partial charge >= 0.3 is 5.97 Å². The van der Waals surface area contributed by atoms with Crippen LogP contribution >= 0.6 is 11.3 Å². The van der Waals surface area contributed by atoms with Crippen LogP contribution in [0, 0.1) is 6.92 Å². The average Bonchev–Trinajstić information content (AvgIpc) is 2.76. The molecule has 0 unspecified atom stereocenters. The monoisotopic (exact) mass is 304 g/mol. The Morgan fingerprint density at radius 2 is 2.14 bits per heavy atom. The Balaban J connectivity index is 2.11. The van der Waals surface area contributed by atoms with Crippen LogP contribution in [0.5, 0.6) is 0 Å². The van der Waals surface area contributed by atoms with E-state index in [9.17, 15) is 4.79 Å². The molecule has 0 amide bonds. The number of rotatable bonds is 6. The second-order valence-corrected chi connectivity index (χ2v) is 6.42. The third kappa shape index (κ3) is 4.29. The van der Waals surface area contributed by atoms with E-state index < -0.39 is 5.97 Å². The Labute approximate surface area is 129 Å². The number of aliphatic carboxylic acids is 1. The molecule has 0 aliphatic carbocycles. The Hall–Kier alpha value is -1.88. The van der Waals surface area contributed by atoms with Gasteiger partial charge in [0.15, 0.2) is 0 Å². The van der Waals surface area contributed by atoms with Crippen molar-refractivity contribution in [1.82, 2.24) is 4.98 Å². The fourth-order valence-corrected chi connectivity index (χ4v) is 3.24. The summed E-state index contributed by atoms with van der Waals surface area (Å²) < 4.78 is 0. The summed E-state index contributed by atoms with van der Waals surface area (Å²) in [7, 11) is 4.05. The van der Waals surface area contributed by atoms with Crippen LogP contribution < -0.4 is 4.90 Å². The number of carbonyl (C=O) groups is 1. The number of benzene rings is 1. The lowest BCUT2D eigenvalue weighted by atomic mass is 10.1. The van der Waals surface area contributed by atoms with Crippen molar-refractivity contribution in [3.05, 3.63) is 45.4 Å². The molecule has 0 aliphatic heterocycles. The van der Waals surface area contributed by atoms with Gasteiger partial charge < -0.3 is 10.0 Å². The van der Waals surface area contributed by atoms with Crippen molar-refractivity contribution in [3.8, 4) is 0 Å². The zero-order valence-corrected chi connectivity index (χ0v) is 13.4. The SMILES string of the molecule is Cc1nc(Cc2cccc(N(C)C)c2)sc1CCC(=O)O. The highest BCUT2D eigenvalue weighted by molar-refractivity contribution is 7.11. The van der Waals surface area contributed by atoms with Gasteiger partial charge in [0.1, 0.15) is 0 Å². The topological polar surface area (TPSA) is 53.4 Å². The van der Waals surface area contributed by atoms with Gasteiger partial charge in [-0.05, 0) is 31.0 Å². The van der Waals surface area contributed by atoms with Crippen LogP contribution in [-0.4, -0.2) is 30.2 Å². The molecule has 5 heteroatoms. The minimum Gasteiger partial charge on any atom is -0.481 e. The molecule has 4 nitrogen and oxygen atoms in total. The van der Waals surface area contributed by atoms with Gasteiger partial charge in [-0.3, -0.25) is 4.79 Å². The number of carboxylic acids is 1. The molecule has 0 bridgehead atoms. The molecule has 2 rings (SSSR count). The first-order valence-corrected chi connectivity index (χ1v) is 7.70. The van der Waals surface area contributed by atoms with Crippen molar-refractivity contribution in [1.29, 1.82) is 0 Å². The van der Waals surface area contributed by atoms with Gasteiger partial charge in [0.05, 0.1) is 17.1 Å². The number of aryl methyl sites for hydroxylation is 2. The smallest absolute Gasteiger partial charge is 0.303 e. The fourth-order valence-electron chi connectivity index (χ4n) is 2.14. The van der Waals surface area contributed by atoms with Gasteiger partial charge in [-0.1, -0.05) is 12.1 Å². The Morgan fingerprint density at radius 3 is 2.81 bits per heavy atom. The molecule has 0 fully saturated rings. The van der Waals surface area contributed by atoms with E-state index in [1.54, 1.807) is 11.3 Å². The molecule has 1 aromatic carbocycles. The number of carboxylic acid groups (broad SMARTS) is 1. The average molecular weight is 304 g/mol. The fraction of sp³-hybridized carbons (Fsp3) is 0.375. The quantitative estimate of drug-likeness (QED) is 0.891. The maximum Gasteiger partial charge on any atom is 0.303 e. The summed E-state index contributed by atoms with van der Waals surface area (Å²) in [6, 6.07) is 8.39. The molecule has 0 atom stereocenters. The van der Waals surface area contributed by atoms with Gasteiger partial charge in [-0.2, -0.15) is 0 Å². The summed E-state index contributed by atoms with van der Waals surface area (Å²) in [5.74, 6) is -0.761. The molecule has 2 aromatic rings. The minimum atomic E-state index is -0.761. The van der Waals surface area contributed by atoms with E-state index in [1.807, 2.05) is 21.0 Å². The zero-order valence-electron chi connectivity index (χ0n) is 12.6. The molecular weight excluding hydrogens is 284 g/mol. The van der Waals surface area contributed by atoms with Crippen LogP contribution in [0.2, 0.25) is 0 Å². The second kappa shape index (κ2) is 6.72. The van der Waals surface area contributed by atoms with Crippen molar-refractivity contribution in [2.24, 2.45) is 0 Å². The molecule has 0 saturated carbocycles. The van der Waals surface area contributed by atoms with Crippen molar-refractivity contribution >= 4 is 23.0 Å². The molecule has 112 valence electrons. The molecule has 0 radical (unpaired) electrons. The predicted molar refractivity (Wildman–Crippen MR) is 86.4 cm³/mol. The van der Waals surface area contributed by atoms with Crippen LogP contribution in [0.15, 0.2) is 24.3 Å². The lowest BCUT2D eigenvalue weighted by Crippen LogP contribution is -2.08. The molecule has 1 heterocycles. The van der Waals surface area contributed by atoms with Gasteiger partial charge in [-0.25, -0.2) is 4.98 Å². The highest BCUT2D eigenvalue weighted by atomic mass is 32.1. The Morgan fingerprint density at radius 1 is 1.38 bits per heavy atom. The largest absolute Gasteiger partial charge is 0.481 e. The van der Waals surface area contributed by atoms with E-state index in [1.165, 1.54) is 11.3 Å². The lowest BCUT2D eigenvalue weighted by molar-refractivity contribution is -0.136. The van der Waals surface area contributed by atoms with Crippen molar-refractivity contribution in [3.63, 3.8) is 0 Å². The Bertz CT molecular complexity index is 635. The summed E-state index contributed by atoms with van der Waals surface area (Å²) >= 11 is 1.62. The standard InChI is InChI=1S/C16H20N2O2S/c1-11-14(7-8-16(19)20)21-15(17-11)10-12-5-4-6-13(9-12)18(2)3/h4-6,9H,7-8,10H2,1-3H3,(H,19,20). The molecular formula is C16H20N2O2S. The van der Waals surface area contributed by atoms with E-state index in [0.29, 0.717) is 6.42 Å². The maximum atomic E-state index is 10.7. The number of hydrogen-bond donors (Lipinski definition) is 1. The number of anilines is 1. The van der Waals surface area contributed by atoms with Crippen LogP contribution in [0.3, 0.4) is 0 Å². The van der Waals surface area contributed by atoms with Crippen LogP contribution in [0.25, 0.3) is 0 Å². The van der Waals surface area contributed by atoms with E-state index >= 15 is 0 Å². The molecule has 0 spiro atoms. The van der Waals surface area contributed by atoms with E-state index in [4.69, 9.17) is 5.11 Å². The summed E-state index contributed by atoms with van der Waals surface area (Å²) in [6.07, 6.45) is 1.52. The van der Waals surface area contributed by atoms with Crippen molar-refractivity contribution < 1.29 is 9.90 Å². The summed E-state index contributed by atoms with van der Waals surface area (Å²) in [6.45, 7) is 1.95. The van der Waals surface area contributed by atoms with E-state index in [-0.39, 0.29) is 6.42 Å². The molecule has 1 aromatic heterocycles. The number of hydrogen-bond acceptors (Lipinski definition) is 4. The Kier molecular flexibility index (Phi) is 4.96. The van der Waals surface area contributed by atoms with Crippen LogP contribution in [-0.2, 0) is 17.6 Å². The first kappa shape index (κ1) is 15.5. The third-order valence-electron chi connectivity index (χ3n) is 3.29. The first-order chi connectivity index (χ1) is 9.95.